The van der Waals surface area contributed by atoms with Crippen molar-refractivity contribution in [1.82, 2.24) is 4.90 Å². The average molecular weight is 262 g/mol. The lowest BCUT2D eigenvalue weighted by Gasteiger charge is -2.23. The summed E-state index contributed by atoms with van der Waals surface area (Å²) in [7, 11) is 0. The molecule has 104 valence electrons. The van der Waals surface area contributed by atoms with Gasteiger partial charge in [-0.15, -0.1) is 0 Å². The number of nitrogens with zero attached hydrogens (tertiary/aromatic N) is 1. The number of likely N-dealkylation sites (tertiary alicyclic amines) is 1. The standard InChI is InChI=1S/C15H22N2O2/c16-10-14(13-4-2-1-3-5-13)15(19)17-8-6-12(11-17)7-9-18/h1-5,12,14,18H,6-11,16H2. The normalized spacial score (nSPS) is 20.5. The van der Waals surface area contributed by atoms with Crippen LogP contribution in [0.3, 0.4) is 0 Å². The zero-order valence-electron chi connectivity index (χ0n) is 11.2. The Kier molecular flexibility index (Phi) is 4.93. The van der Waals surface area contributed by atoms with Gasteiger partial charge in [0.05, 0.1) is 5.92 Å². The summed E-state index contributed by atoms with van der Waals surface area (Å²) >= 11 is 0. The summed E-state index contributed by atoms with van der Waals surface area (Å²) < 4.78 is 0. The number of hydrogen-bond acceptors (Lipinski definition) is 3. The first kappa shape index (κ1) is 14.0. The fraction of sp³-hybridized carbons (Fsp3) is 0.533. The minimum absolute atomic E-state index is 0.120. The first-order chi connectivity index (χ1) is 9.26. The van der Waals surface area contributed by atoms with Crippen LogP contribution < -0.4 is 5.73 Å². The summed E-state index contributed by atoms with van der Waals surface area (Å²) in [5.41, 5.74) is 6.77. The van der Waals surface area contributed by atoms with Gasteiger partial charge in [0.2, 0.25) is 5.91 Å². The van der Waals surface area contributed by atoms with Crippen LogP contribution in [0.5, 0.6) is 0 Å². The highest BCUT2D eigenvalue weighted by Gasteiger charge is 2.30. The Labute approximate surface area is 114 Å². The first-order valence-electron chi connectivity index (χ1n) is 6.91. The van der Waals surface area contributed by atoms with Crippen molar-refractivity contribution in [3.05, 3.63) is 35.9 Å². The number of aliphatic hydroxyl groups excluding tert-OH is 1. The highest BCUT2D eigenvalue weighted by atomic mass is 16.3. The second-order valence-corrected chi connectivity index (χ2v) is 5.15. The van der Waals surface area contributed by atoms with E-state index in [9.17, 15) is 4.79 Å². The Morgan fingerprint density at radius 3 is 2.79 bits per heavy atom. The molecule has 1 aromatic carbocycles. The van der Waals surface area contributed by atoms with E-state index >= 15 is 0 Å². The lowest BCUT2D eigenvalue weighted by atomic mass is 9.98. The third-order valence-corrected chi connectivity index (χ3v) is 3.87. The topological polar surface area (TPSA) is 66.6 Å². The zero-order chi connectivity index (χ0) is 13.7. The van der Waals surface area contributed by atoms with E-state index in [0.29, 0.717) is 12.5 Å². The van der Waals surface area contributed by atoms with E-state index in [4.69, 9.17) is 10.8 Å². The van der Waals surface area contributed by atoms with Crippen LogP contribution >= 0.6 is 0 Å². The van der Waals surface area contributed by atoms with Crippen LogP contribution in [0.2, 0.25) is 0 Å². The Morgan fingerprint density at radius 2 is 2.16 bits per heavy atom. The van der Waals surface area contributed by atoms with Crippen LogP contribution in [0.25, 0.3) is 0 Å². The molecule has 4 heteroatoms. The molecule has 0 aromatic heterocycles. The van der Waals surface area contributed by atoms with Crippen molar-refractivity contribution in [2.24, 2.45) is 11.7 Å². The van der Waals surface area contributed by atoms with Crippen molar-refractivity contribution in [3.8, 4) is 0 Å². The summed E-state index contributed by atoms with van der Waals surface area (Å²) in [6.07, 6.45) is 1.76. The van der Waals surface area contributed by atoms with E-state index in [0.717, 1.165) is 31.5 Å². The van der Waals surface area contributed by atoms with Crippen molar-refractivity contribution in [3.63, 3.8) is 0 Å². The Balaban J connectivity index is 2.02. The van der Waals surface area contributed by atoms with E-state index in [1.54, 1.807) is 0 Å². The fourth-order valence-corrected chi connectivity index (χ4v) is 2.74. The average Bonchev–Trinajstić information content (AvgIpc) is 2.90. The molecule has 1 saturated heterocycles. The van der Waals surface area contributed by atoms with Crippen LogP contribution in [0, 0.1) is 5.92 Å². The van der Waals surface area contributed by atoms with Crippen LogP contribution in [0.1, 0.15) is 24.3 Å². The molecule has 1 fully saturated rings. The molecule has 0 aliphatic carbocycles. The number of rotatable bonds is 5. The Bertz CT molecular complexity index is 408. The molecular formula is C15H22N2O2. The third kappa shape index (κ3) is 3.33. The van der Waals surface area contributed by atoms with Crippen molar-refractivity contribution in [1.29, 1.82) is 0 Å². The van der Waals surface area contributed by atoms with Gasteiger partial charge in [0.1, 0.15) is 0 Å². The van der Waals surface area contributed by atoms with Crippen molar-refractivity contribution in [2.45, 2.75) is 18.8 Å². The molecular weight excluding hydrogens is 240 g/mol. The summed E-state index contributed by atoms with van der Waals surface area (Å²) in [6.45, 7) is 2.07. The maximum absolute atomic E-state index is 12.5. The molecule has 0 saturated carbocycles. The van der Waals surface area contributed by atoms with Gasteiger partial charge in [-0.2, -0.15) is 0 Å². The van der Waals surface area contributed by atoms with Crippen LogP contribution in [0.4, 0.5) is 0 Å². The number of carbonyl (C=O) groups excluding carboxylic acids is 1. The van der Waals surface area contributed by atoms with Crippen molar-refractivity contribution in [2.75, 3.05) is 26.2 Å². The van der Waals surface area contributed by atoms with Gasteiger partial charge in [-0.05, 0) is 24.3 Å². The highest BCUT2D eigenvalue weighted by molar-refractivity contribution is 5.84. The van der Waals surface area contributed by atoms with E-state index < -0.39 is 0 Å². The molecule has 1 amide bonds. The summed E-state index contributed by atoms with van der Waals surface area (Å²) in [4.78, 5) is 14.4. The molecule has 1 aliphatic heterocycles. The molecule has 1 heterocycles. The second-order valence-electron chi connectivity index (χ2n) is 5.15. The molecule has 0 spiro atoms. The summed E-state index contributed by atoms with van der Waals surface area (Å²) in [5, 5.41) is 8.96. The lowest BCUT2D eigenvalue weighted by Crippen LogP contribution is -2.36. The maximum atomic E-state index is 12.5. The highest BCUT2D eigenvalue weighted by Crippen LogP contribution is 2.24. The quantitative estimate of drug-likeness (QED) is 0.830. The van der Waals surface area contributed by atoms with Crippen LogP contribution in [-0.2, 0) is 4.79 Å². The van der Waals surface area contributed by atoms with Gasteiger partial charge in [-0.25, -0.2) is 0 Å². The van der Waals surface area contributed by atoms with E-state index in [1.807, 2.05) is 35.2 Å². The third-order valence-electron chi connectivity index (χ3n) is 3.87. The SMILES string of the molecule is NCC(C(=O)N1CCC(CCO)C1)c1ccccc1. The number of amides is 1. The van der Waals surface area contributed by atoms with E-state index in [1.165, 1.54) is 0 Å². The van der Waals surface area contributed by atoms with Gasteiger partial charge in [-0.3, -0.25) is 4.79 Å². The lowest BCUT2D eigenvalue weighted by molar-refractivity contribution is -0.131. The molecule has 2 atom stereocenters. The predicted molar refractivity (Wildman–Crippen MR) is 74.6 cm³/mol. The molecule has 1 aromatic rings. The minimum atomic E-state index is -0.242. The molecule has 0 bridgehead atoms. The summed E-state index contributed by atoms with van der Waals surface area (Å²) in [5.74, 6) is 0.311. The van der Waals surface area contributed by atoms with E-state index in [-0.39, 0.29) is 18.4 Å². The van der Waals surface area contributed by atoms with Crippen LogP contribution in [0.15, 0.2) is 30.3 Å². The molecule has 4 nitrogen and oxygen atoms in total. The molecule has 3 N–H and O–H groups in total. The molecule has 2 unspecified atom stereocenters. The van der Waals surface area contributed by atoms with Gasteiger partial charge < -0.3 is 15.7 Å². The van der Waals surface area contributed by atoms with Crippen LogP contribution in [-0.4, -0.2) is 42.2 Å². The summed E-state index contributed by atoms with van der Waals surface area (Å²) in [6, 6.07) is 9.72. The number of nitrogens with two attached hydrogens (primary N) is 1. The number of carbonyl (C=O) groups is 1. The predicted octanol–water partition coefficient (Wildman–Crippen LogP) is 0.960. The van der Waals surface area contributed by atoms with Gasteiger partial charge in [-0.1, -0.05) is 30.3 Å². The fourth-order valence-electron chi connectivity index (χ4n) is 2.74. The molecule has 1 aliphatic rings. The number of aliphatic hydroxyl groups is 1. The molecule has 19 heavy (non-hydrogen) atoms. The van der Waals surface area contributed by atoms with Crippen molar-refractivity contribution >= 4 is 5.91 Å². The van der Waals surface area contributed by atoms with E-state index in [2.05, 4.69) is 0 Å². The Hall–Kier alpha value is -1.39. The zero-order valence-corrected chi connectivity index (χ0v) is 11.2. The number of hydrogen-bond donors (Lipinski definition) is 2. The number of benzene rings is 1. The molecule has 0 radical (unpaired) electrons. The Morgan fingerprint density at radius 1 is 1.42 bits per heavy atom. The van der Waals surface area contributed by atoms with Gasteiger partial charge >= 0.3 is 0 Å². The monoisotopic (exact) mass is 262 g/mol. The van der Waals surface area contributed by atoms with Gasteiger partial charge in [0.25, 0.3) is 0 Å². The molecule has 2 rings (SSSR count). The largest absolute Gasteiger partial charge is 0.396 e. The van der Waals surface area contributed by atoms with Gasteiger partial charge in [0.15, 0.2) is 0 Å². The smallest absolute Gasteiger partial charge is 0.231 e. The van der Waals surface area contributed by atoms with Crippen molar-refractivity contribution < 1.29 is 9.90 Å². The first-order valence-corrected chi connectivity index (χ1v) is 6.91. The minimum Gasteiger partial charge on any atom is -0.396 e. The maximum Gasteiger partial charge on any atom is 0.231 e. The van der Waals surface area contributed by atoms with Gasteiger partial charge in [0, 0.05) is 26.2 Å². The second kappa shape index (κ2) is 6.68.